The van der Waals surface area contributed by atoms with E-state index >= 15 is 0 Å². The molecule has 1 saturated heterocycles. The lowest BCUT2D eigenvalue weighted by Gasteiger charge is -2.22. The number of likely N-dealkylation sites (tertiary alicyclic amines) is 1. The molecule has 0 aliphatic carbocycles. The number of rotatable bonds is 12. The molecule has 1 N–H and O–H groups in total. The Bertz CT molecular complexity index is 341. The molecule has 0 saturated carbocycles. The van der Waals surface area contributed by atoms with E-state index in [1.165, 1.54) is 25.8 Å². The first kappa shape index (κ1) is 24.9. The summed E-state index contributed by atoms with van der Waals surface area (Å²) < 4.78 is 10.7. The maximum Gasteiger partial charge on any atom is 0.193 e. The first-order valence-electron chi connectivity index (χ1n) is 9.49. The van der Waals surface area contributed by atoms with E-state index in [2.05, 4.69) is 34.0 Å². The minimum absolute atomic E-state index is 0. The minimum Gasteiger partial charge on any atom is -0.382 e. The van der Waals surface area contributed by atoms with Crippen molar-refractivity contribution in [3.63, 3.8) is 0 Å². The Balaban J connectivity index is 0.00000576. The second-order valence-corrected chi connectivity index (χ2v) is 6.38. The molecule has 0 radical (unpaired) electrons. The largest absolute Gasteiger partial charge is 0.382 e. The van der Waals surface area contributed by atoms with E-state index in [0.717, 1.165) is 45.3 Å². The van der Waals surface area contributed by atoms with Crippen LogP contribution in [0.1, 0.15) is 33.1 Å². The number of ether oxygens (including phenoxy) is 2. The Morgan fingerprint density at radius 2 is 2.00 bits per heavy atom. The van der Waals surface area contributed by atoms with Gasteiger partial charge in [-0.3, -0.25) is 4.99 Å². The molecule has 6 nitrogen and oxygen atoms in total. The lowest BCUT2D eigenvalue weighted by molar-refractivity contribution is 0.0536. The Kier molecular flexibility index (Phi) is 16.0. The summed E-state index contributed by atoms with van der Waals surface area (Å²) >= 11 is 0. The molecule has 0 amide bonds. The Hall–Kier alpha value is -0.120. The van der Waals surface area contributed by atoms with Gasteiger partial charge in [0.25, 0.3) is 0 Å². The molecule has 1 fully saturated rings. The summed E-state index contributed by atoms with van der Waals surface area (Å²) in [6, 6.07) is 0. The summed E-state index contributed by atoms with van der Waals surface area (Å²) in [6.45, 7) is 13.2. The van der Waals surface area contributed by atoms with Crippen molar-refractivity contribution in [2.75, 3.05) is 73.2 Å². The third-order valence-electron chi connectivity index (χ3n) is 4.66. The fourth-order valence-corrected chi connectivity index (χ4v) is 3.09. The minimum atomic E-state index is 0. The van der Waals surface area contributed by atoms with Crippen LogP contribution in [0.4, 0.5) is 0 Å². The molecule has 7 heteroatoms. The molecule has 0 aromatic heterocycles. The van der Waals surface area contributed by atoms with Crippen molar-refractivity contribution in [2.24, 2.45) is 10.9 Å². The highest BCUT2D eigenvalue weighted by Crippen LogP contribution is 2.16. The number of guanidine groups is 1. The van der Waals surface area contributed by atoms with Crippen molar-refractivity contribution in [1.29, 1.82) is 0 Å². The summed E-state index contributed by atoms with van der Waals surface area (Å²) in [7, 11) is 3.58. The van der Waals surface area contributed by atoms with Gasteiger partial charge in [0.15, 0.2) is 5.96 Å². The molecule has 1 aliphatic heterocycles. The van der Waals surface area contributed by atoms with Gasteiger partial charge >= 0.3 is 0 Å². The lowest BCUT2D eigenvalue weighted by Crippen LogP contribution is -2.40. The number of unbranched alkanes of at least 4 members (excludes halogenated alkanes) is 1. The van der Waals surface area contributed by atoms with E-state index in [1.807, 2.05) is 7.05 Å². The second kappa shape index (κ2) is 16.1. The van der Waals surface area contributed by atoms with Crippen molar-refractivity contribution < 1.29 is 9.47 Å². The van der Waals surface area contributed by atoms with Gasteiger partial charge in [-0.25, -0.2) is 0 Å². The molecular formula is C18H39IN4O2. The predicted molar refractivity (Wildman–Crippen MR) is 116 cm³/mol. The van der Waals surface area contributed by atoms with Gasteiger partial charge in [0, 0.05) is 39.7 Å². The fourth-order valence-electron chi connectivity index (χ4n) is 3.09. The molecule has 0 aromatic rings. The molecule has 1 unspecified atom stereocenters. The summed E-state index contributed by atoms with van der Waals surface area (Å²) in [5.74, 6) is 1.64. The van der Waals surface area contributed by atoms with E-state index in [4.69, 9.17) is 9.47 Å². The monoisotopic (exact) mass is 470 g/mol. The van der Waals surface area contributed by atoms with Gasteiger partial charge in [0.1, 0.15) is 0 Å². The molecule has 150 valence electrons. The fraction of sp³-hybridized carbons (Fsp3) is 0.944. The number of halogens is 1. The number of aliphatic imine (C=N–C) groups is 1. The number of hydrogen-bond donors (Lipinski definition) is 1. The zero-order chi connectivity index (χ0) is 17.6. The number of hydrogen-bond acceptors (Lipinski definition) is 4. The van der Waals surface area contributed by atoms with Gasteiger partial charge in [0.2, 0.25) is 0 Å². The van der Waals surface area contributed by atoms with E-state index < -0.39 is 0 Å². The first-order chi connectivity index (χ1) is 11.7. The SMILES string of the molecule is CCN(CC)CCCCNC(=NC)N1CCC(COCCOC)C1.I. The van der Waals surface area contributed by atoms with E-state index in [9.17, 15) is 0 Å². The quantitative estimate of drug-likeness (QED) is 0.205. The van der Waals surface area contributed by atoms with Crippen LogP contribution in [0.25, 0.3) is 0 Å². The van der Waals surface area contributed by atoms with Crippen LogP contribution in [0.15, 0.2) is 4.99 Å². The van der Waals surface area contributed by atoms with Gasteiger partial charge in [-0.2, -0.15) is 0 Å². The van der Waals surface area contributed by atoms with Crippen molar-refractivity contribution in [3.8, 4) is 0 Å². The molecule has 1 rings (SSSR count). The third kappa shape index (κ3) is 10.6. The van der Waals surface area contributed by atoms with E-state index in [-0.39, 0.29) is 24.0 Å². The third-order valence-corrected chi connectivity index (χ3v) is 4.66. The van der Waals surface area contributed by atoms with E-state index in [1.54, 1.807) is 7.11 Å². The van der Waals surface area contributed by atoms with Crippen LogP contribution in [0.2, 0.25) is 0 Å². The van der Waals surface area contributed by atoms with Crippen LogP contribution in [-0.2, 0) is 9.47 Å². The Morgan fingerprint density at radius 1 is 1.24 bits per heavy atom. The average molecular weight is 470 g/mol. The normalized spacial score (nSPS) is 17.9. The first-order valence-corrected chi connectivity index (χ1v) is 9.49. The van der Waals surface area contributed by atoms with Crippen LogP contribution in [-0.4, -0.2) is 89.0 Å². The van der Waals surface area contributed by atoms with Gasteiger partial charge in [0.05, 0.1) is 19.8 Å². The van der Waals surface area contributed by atoms with Crippen molar-refractivity contribution in [1.82, 2.24) is 15.1 Å². The molecule has 0 bridgehead atoms. The standard InChI is InChI=1S/C18H38N4O2.HI/c1-5-21(6-2)11-8-7-10-20-18(19-3)22-12-9-17(15-22)16-24-14-13-23-4;/h17H,5-16H2,1-4H3,(H,19,20);1H. The zero-order valence-corrected chi connectivity index (χ0v) is 19.0. The molecule has 0 aromatic carbocycles. The second-order valence-electron chi connectivity index (χ2n) is 6.38. The summed E-state index contributed by atoms with van der Waals surface area (Å²) in [5, 5.41) is 3.51. The van der Waals surface area contributed by atoms with Crippen LogP contribution in [0.5, 0.6) is 0 Å². The molecule has 1 heterocycles. The van der Waals surface area contributed by atoms with Gasteiger partial charge < -0.3 is 24.6 Å². The van der Waals surface area contributed by atoms with Crippen LogP contribution in [0.3, 0.4) is 0 Å². The molecule has 25 heavy (non-hydrogen) atoms. The lowest BCUT2D eigenvalue weighted by atomic mass is 10.1. The number of methoxy groups -OCH3 is 1. The highest BCUT2D eigenvalue weighted by Gasteiger charge is 2.24. The van der Waals surface area contributed by atoms with Crippen LogP contribution < -0.4 is 5.32 Å². The topological polar surface area (TPSA) is 49.3 Å². The molecule has 0 spiro atoms. The highest BCUT2D eigenvalue weighted by molar-refractivity contribution is 14.0. The Morgan fingerprint density at radius 3 is 2.64 bits per heavy atom. The van der Waals surface area contributed by atoms with Gasteiger partial charge in [-0.1, -0.05) is 13.8 Å². The molecule has 1 aliphatic rings. The summed E-state index contributed by atoms with van der Waals surface area (Å²) in [4.78, 5) is 9.27. The number of nitrogens with zero attached hydrogens (tertiary/aromatic N) is 3. The highest BCUT2D eigenvalue weighted by atomic mass is 127. The van der Waals surface area contributed by atoms with Crippen molar-refractivity contribution in [3.05, 3.63) is 0 Å². The molecular weight excluding hydrogens is 431 g/mol. The van der Waals surface area contributed by atoms with E-state index in [0.29, 0.717) is 19.1 Å². The van der Waals surface area contributed by atoms with Crippen LogP contribution in [0, 0.1) is 5.92 Å². The average Bonchev–Trinajstić information content (AvgIpc) is 3.07. The summed E-state index contributed by atoms with van der Waals surface area (Å²) in [6.07, 6.45) is 3.60. The van der Waals surface area contributed by atoms with Gasteiger partial charge in [-0.05, 0) is 38.9 Å². The Labute approximate surface area is 171 Å². The van der Waals surface area contributed by atoms with Gasteiger partial charge in [-0.15, -0.1) is 24.0 Å². The maximum atomic E-state index is 5.66. The van der Waals surface area contributed by atoms with Crippen molar-refractivity contribution in [2.45, 2.75) is 33.1 Å². The number of nitrogens with one attached hydrogen (secondary N) is 1. The molecule has 1 atom stereocenters. The zero-order valence-electron chi connectivity index (χ0n) is 16.6. The maximum absolute atomic E-state index is 5.66. The smallest absolute Gasteiger partial charge is 0.193 e. The predicted octanol–water partition coefficient (Wildman–Crippen LogP) is 2.29. The van der Waals surface area contributed by atoms with Crippen molar-refractivity contribution >= 4 is 29.9 Å². The van der Waals surface area contributed by atoms with Crippen LogP contribution >= 0.6 is 24.0 Å². The summed E-state index contributed by atoms with van der Waals surface area (Å²) in [5.41, 5.74) is 0.